The summed E-state index contributed by atoms with van der Waals surface area (Å²) in [7, 11) is 0. The van der Waals surface area contributed by atoms with E-state index in [-0.39, 0.29) is 11.7 Å². The third-order valence-corrected chi connectivity index (χ3v) is 4.59. The average molecular weight is 294 g/mol. The molecule has 1 aromatic rings. The Hall–Kier alpha value is -1.20. The molecular formula is C15H22N2O2S. The molecule has 2 rings (SSSR count). The van der Waals surface area contributed by atoms with Crippen LogP contribution in [0.25, 0.3) is 0 Å². The maximum atomic E-state index is 12.2. The van der Waals surface area contributed by atoms with Gasteiger partial charge in [-0.15, -0.1) is 11.3 Å². The fraction of sp³-hybridized carbons (Fsp3) is 0.600. The van der Waals surface area contributed by atoms with E-state index in [1.54, 1.807) is 11.3 Å². The van der Waals surface area contributed by atoms with Crippen molar-refractivity contribution in [3.05, 3.63) is 21.4 Å². The molecule has 1 atom stereocenters. The molecule has 0 radical (unpaired) electrons. The first-order chi connectivity index (χ1) is 9.47. The van der Waals surface area contributed by atoms with Crippen molar-refractivity contribution in [1.82, 2.24) is 10.2 Å². The Morgan fingerprint density at radius 1 is 1.40 bits per heavy atom. The normalized spacial score (nSPS) is 19.1. The van der Waals surface area contributed by atoms with Crippen molar-refractivity contribution in [3.8, 4) is 0 Å². The molecule has 1 saturated heterocycles. The summed E-state index contributed by atoms with van der Waals surface area (Å²) < 4.78 is 0. The fourth-order valence-corrected chi connectivity index (χ4v) is 3.52. The van der Waals surface area contributed by atoms with Crippen LogP contribution in [0, 0.1) is 13.8 Å². The van der Waals surface area contributed by atoms with Crippen LogP contribution in [0.2, 0.25) is 0 Å². The van der Waals surface area contributed by atoms with Crippen molar-refractivity contribution in [1.29, 1.82) is 0 Å². The van der Waals surface area contributed by atoms with Crippen molar-refractivity contribution < 1.29 is 9.59 Å². The van der Waals surface area contributed by atoms with E-state index in [9.17, 15) is 9.59 Å². The van der Waals surface area contributed by atoms with Gasteiger partial charge in [0.2, 0.25) is 5.91 Å². The first kappa shape index (κ1) is 15.2. The summed E-state index contributed by atoms with van der Waals surface area (Å²) in [4.78, 5) is 28.3. The van der Waals surface area contributed by atoms with Gasteiger partial charge in [-0.25, -0.2) is 0 Å². The number of Topliss-reactive ketones (excluding diaryl/α,β-unsaturated/α-hetero) is 1. The third kappa shape index (κ3) is 3.67. The minimum Gasteiger partial charge on any atom is -0.340 e. The quantitative estimate of drug-likeness (QED) is 0.866. The summed E-state index contributed by atoms with van der Waals surface area (Å²) in [6.45, 7) is 8.36. The lowest BCUT2D eigenvalue weighted by molar-refractivity contribution is -0.132. The van der Waals surface area contributed by atoms with Crippen LogP contribution in [0.1, 0.15) is 39.9 Å². The molecule has 0 aromatic carbocycles. The van der Waals surface area contributed by atoms with Gasteiger partial charge in [-0.2, -0.15) is 0 Å². The highest BCUT2D eigenvalue weighted by Crippen LogP contribution is 2.22. The molecular weight excluding hydrogens is 272 g/mol. The zero-order valence-electron chi connectivity index (χ0n) is 12.4. The molecule has 0 bridgehead atoms. The second kappa shape index (κ2) is 6.50. The first-order valence-electron chi connectivity index (χ1n) is 7.08. The van der Waals surface area contributed by atoms with Gasteiger partial charge >= 0.3 is 0 Å². The molecule has 1 amide bonds. The number of amides is 1. The zero-order chi connectivity index (χ0) is 14.7. The van der Waals surface area contributed by atoms with Crippen LogP contribution in [0.3, 0.4) is 0 Å². The molecule has 110 valence electrons. The maximum Gasteiger partial charge on any atom is 0.223 e. The molecule has 0 spiro atoms. The molecule has 4 nitrogen and oxygen atoms in total. The third-order valence-electron chi connectivity index (χ3n) is 3.63. The van der Waals surface area contributed by atoms with Crippen LogP contribution >= 0.6 is 11.3 Å². The molecule has 20 heavy (non-hydrogen) atoms. The summed E-state index contributed by atoms with van der Waals surface area (Å²) in [6.07, 6.45) is 0.633. The Balaban J connectivity index is 1.87. The Morgan fingerprint density at radius 3 is 2.75 bits per heavy atom. The topological polar surface area (TPSA) is 49.4 Å². The van der Waals surface area contributed by atoms with Gasteiger partial charge in [0.05, 0.1) is 0 Å². The van der Waals surface area contributed by atoms with Crippen molar-refractivity contribution in [2.24, 2.45) is 0 Å². The maximum absolute atomic E-state index is 12.2. The summed E-state index contributed by atoms with van der Waals surface area (Å²) in [5, 5.41) is 3.31. The van der Waals surface area contributed by atoms with Crippen molar-refractivity contribution in [2.45, 2.75) is 39.7 Å². The van der Waals surface area contributed by atoms with E-state index in [1.165, 1.54) is 0 Å². The van der Waals surface area contributed by atoms with Gasteiger partial charge in [0.1, 0.15) is 0 Å². The smallest absolute Gasteiger partial charge is 0.223 e. The van der Waals surface area contributed by atoms with Crippen molar-refractivity contribution in [2.75, 3.05) is 19.6 Å². The molecule has 1 aromatic heterocycles. The largest absolute Gasteiger partial charge is 0.340 e. The molecule has 0 saturated carbocycles. The molecule has 1 fully saturated rings. The van der Waals surface area contributed by atoms with Crippen molar-refractivity contribution in [3.63, 3.8) is 0 Å². The number of nitrogens with zero attached hydrogens (tertiary/aromatic N) is 1. The number of hydrogen-bond acceptors (Lipinski definition) is 4. The van der Waals surface area contributed by atoms with Gasteiger partial charge in [0, 0.05) is 53.8 Å². The van der Waals surface area contributed by atoms with E-state index in [0.29, 0.717) is 18.9 Å². The van der Waals surface area contributed by atoms with E-state index in [0.717, 1.165) is 35.0 Å². The number of carbonyl (C=O) groups excluding carboxylic acids is 2. The summed E-state index contributed by atoms with van der Waals surface area (Å²) in [5.74, 6) is 0.180. The van der Waals surface area contributed by atoms with E-state index in [4.69, 9.17) is 0 Å². The lowest BCUT2D eigenvalue weighted by atomic mass is 10.1. The minimum atomic E-state index is 0.0865. The average Bonchev–Trinajstić information content (AvgIpc) is 2.74. The molecule has 1 aliphatic rings. The number of thiophene rings is 1. The molecule has 2 heterocycles. The number of piperazine rings is 1. The summed E-state index contributed by atoms with van der Waals surface area (Å²) in [5.41, 5.74) is 0.786. The van der Waals surface area contributed by atoms with Gasteiger partial charge in [0.15, 0.2) is 5.78 Å². The molecule has 1 N–H and O–H groups in total. The monoisotopic (exact) mass is 294 g/mol. The van der Waals surface area contributed by atoms with Gasteiger partial charge in [-0.05, 0) is 26.8 Å². The lowest BCUT2D eigenvalue weighted by Gasteiger charge is -2.31. The highest BCUT2D eigenvalue weighted by Gasteiger charge is 2.21. The number of hydrogen-bond donors (Lipinski definition) is 1. The van der Waals surface area contributed by atoms with E-state index in [1.807, 2.05) is 24.8 Å². The Bertz CT molecular complexity index is 510. The van der Waals surface area contributed by atoms with Crippen LogP contribution in [0.15, 0.2) is 6.07 Å². The highest BCUT2D eigenvalue weighted by molar-refractivity contribution is 7.12. The van der Waals surface area contributed by atoms with Crippen LogP contribution in [0.4, 0.5) is 0 Å². The number of aryl methyl sites for hydroxylation is 2. The fourth-order valence-electron chi connectivity index (χ4n) is 2.58. The Labute approximate surface area is 124 Å². The number of ketones is 1. The number of carbonyl (C=O) groups is 2. The summed E-state index contributed by atoms with van der Waals surface area (Å²) >= 11 is 1.64. The molecule has 0 aliphatic carbocycles. The summed E-state index contributed by atoms with van der Waals surface area (Å²) in [6, 6.07) is 2.27. The predicted octanol–water partition coefficient (Wildman–Crippen LogP) is 2.15. The molecule has 1 unspecified atom stereocenters. The van der Waals surface area contributed by atoms with Crippen LogP contribution in [-0.2, 0) is 4.79 Å². The standard InChI is InChI=1S/C15H22N2O2S/c1-10-9-17(7-6-16-10)15(19)5-4-14(18)13-8-11(2)20-12(13)3/h8,10,16H,4-7,9H2,1-3H3. The number of rotatable bonds is 4. The highest BCUT2D eigenvalue weighted by atomic mass is 32.1. The minimum absolute atomic E-state index is 0.0865. The van der Waals surface area contributed by atoms with Gasteiger partial charge in [0.25, 0.3) is 0 Å². The van der Waals surface area contributed by atoms with Crippen molar-refractivity contribution >= 4 is 23.0 Å². The Morgan fingerprint density at radius 2 is 2.15 bits per heavy atom. The van der Waals surface area contributed by atoms with E-state index >= 15 is 0 Å². The van der Waals surface area contributed by atoms with Gasteiger partial charge in [-0.3, -0.25) is 9.59 Å². The Kier molecular flexibility index (Phi) is 4.94. The van der Waals surface area contributed by atoms with Crippen LogP contribution in [-0.4, -0.2) is 42.3 Å². The first-order valence-corrected chi connectivity index (χ1v) is 7.90. The van der Waals surface area contributed by atoms with E-state index < -0.39 is 0 Å². The molecule has 1 aliphatic heterocycles. The second-order valence-corrected chi connectivity index (χ2v) is 6.91. The van der Waals surface area contributed by atoms with Gasteiger partial charge < -0.3 is 10.2 Å². The lowest BCUT2D eigenvalue weighted by Crippen LogP contribution is -2.51. The molecule has 5 heteroatoms. The SMILES string of the molecule is Cc1cc(C(=O)CCC(=O)N2CCNC(C)C2)c(C)s1. The van der Waals surface area contributed by atoms with Crippen LogP contribution < -0.4 is 5.32 Å². The predicted molar refractivity (Wildman–Crippen MR) is 81.4 cm³/mol. The number of nitrogens with one attached hydrogen (secondary N) is 1. The van der Waals surface area contributed by atoms with E-state index in [2.05, 4.69) is 12.2 Å². The van der Waals surface area contributed by atoms with Crippen LogP contribution in [0.5, 0.6) is 0 Å². The zero-order valence-corrected chi connectivity index (χ0v) is 13.2. The van der Waals surface area contributed by atoms with Gasteiger partial charge in [-0.1, -0.05) is 0 Å². The second-order valence-electron chi connectivity index (χ2n) is 5.45.